The van der Waals surface area contributed by atoms with Crippen LogP contribution in [0.5, 0.6) is 0 Å². The van der Waals surface area contributed by atoms with Crippen LogP contribution in [0.1, 0.15) is 32.2 Å². The first kappa shape index (κ1) is 14.5. The van der Waals surface area contributed by atoms with Crippen LogP contribution in [0.15, 0.2) is 9.64 Å². The van der Waals surface area contributed by atoms with Crippen molar-refractivity contribution in [2.75, 3.05) is 12.3 Å². The lowest BCUT2D eigenvalue weighted by Gasteiger charge is -2.22. The molecule has 2 N–H and O–H groups in total. The summed E-state index contributed by atoms with van der Waals surface area (Å²) in [4.78, 5) is 4.26. The van der Waals surface area contributed by atoms with Crippen molar-refractivity contribution in [3.8, 4) is 0 Å². The smallest absolute Gasteiger partial charge is 0.256 e. The Labute approximate surface area is 107 Å². The summed E-state index contributed by atoms with van der Waals surface area (Å²) in [6, 6.07) is 0. The number of hydrogen-bond acceptors (Lipinski definition) is 5. The first-order valence-electron chi connectivity index (χ1n) is 5.78. The molecular formula is C12H22N2O2S. The van der Waals surface area contributed by atoms with Crippen molar-refractivity contribution in [2.24, 2.45) is 0 Å². The van der Waals surface area contributed by atoms with Gasteiger partial charge in [-0.1, -0.05) is 11.8 Å². The molecule has 1 atom stereocenters. The minimum absolute atomic E-state index is 0.0295. The van der Waals surface area contributed by atoms with Crippen LogP contribution in [-0.4, -0.2) is 34.0 Å². The lowest BCUT2D eigenvalue weighted by Crippen LogP contribution is -2.41. The number of hydrogen-bond donors (Lipinski definition) is 2. The van der Waals surface area contributed by atoms with Gasteiger partial charge in [-0.05, 0) is 34.6 Å². The number of thioether (sulfide) groups is 1. The third-order valence-electron chi connectivity index (χ3n) is 2.28. The fourth-order valence-corrected chi connectivity index (χ4v) is 1.99. The van der Waals surface area contributed by atoms with E-state index < -0.39 is 6.10 Å². The molecule has 0 aliphatic heterocycles. The molecular weight excluding hydrogens is 236 g/mol. The summed E-state index contributed by atoms with van der Waals surface area (Å²) in [6.45, 7) is 10.6. The SMILES string of the molecule is Cc1nc(SCC(O)CNC(C)(C)C)oc1C. The normalized spacial score (nSPS) is 14.0. The predicted octanol–water partition coefficient (Wildman–Crippen LogP) is 2.13. The first-order chi connectivity index (χ1) is 7.78. The topological polar surface area (TPSA) is 58.3 Å². The monoisotopic (exact) mass is 258 g/mol. The average Bonchev–Trinajstić information content (AvgIpc) is 2.51. The summed E-state index contributed by atoms with van der Waals surface area (Å²) >= 11 is 1.45. The summed E-state index contributed by atoms with van der Waals surface area (Å²) in [5.74, 6) is 1.43. The maximum atomic E-state index is 9.80. The molecule has 0 fully saturated rings. The van der Waals surface area contributed by atoms with E-state index in [0.717, 1.165) is 11.5 Å². The molecule has 1 aromatic heterocycles. The van der Waals surface area contributed by atoms with E-state index in [1.807, 2.05) is 13.8 Å². The van der Waals surface area contributed by atoms with Crippen LogP contribution in [0.25, 0.3) is 0 Å². The Morgan fingerprint density at radius 1 is 1.41 bits per heavy atom. The largest absolute Gasteiger partial charge is 0.437 e. The molecule has 5 heteroatoms. The van der Waals surface area contributed by atoms with E-state index in [-0.39, 0.29) is 5.54 Å². The van der Waals surface area contributed by atoms with Gasteiger partial charge in [-0.3, -0.25) is 0 Å². The van der Waals surface area contributed by atoms with Crippen molar-refractivity contribution in [3.05, 3.63) is 11.5 Å². The minimum Gasteiger partial charge on any atom is -0.437 e. The molecule has 1 unspecified atom stereocenters. The van der Waals surface area contributed by atoms with Crippen molar-refractivity contribution >= 4 is 11.8 Å². The molecule has 1 heterocycles. The standard InChI is InChI=1S/C12H22N2O2S/c1-8-9(2)16-11(14-8)17-7-10(15)6-13-12(3,4)5/h10,13,15H,6-7H2,1-5H3. The fourth-order valence-electron chi connectivity index (χ4n) is 1.16. The highest BCUT2D eigenvalue weighted by Gasteiger charge is 2.14. The van der Waals surface area contributed by atoms with Crippen LogP contribution < -0.4 is 5.32 Å². The molecule has 98 valence electrons. The zero-order chi connectivity index (χ0) is 13.1. The summed E-state index contributed by atoms with van der Waals surface area (Å²) < 4.78 is 5.43. The lowest BCUT2D eigenvalue weighted by molar-refractivity contribution is 0.183. The van der Waals surface area contributed by atoms with E-state index in [9.17, 15) is 5.11 Å². The molecule has 0 saturated carbocycles. The molecule has 1 rings (SSSR count). The van der Waals surface area contributed by atoms with Gasteiger partial charge in [-0.15, -0.1) is 0 Å². The highest BCUT2D eigenvalue weighted by Crippen LogP contribution is 2.20. The number of β-amino-alcohol motifs (C(OH)–C–C–N with tert-alkyl or cyclic N) is 1. The highest BCUT2D eigenvalue weighted by molar-refractivity contribution is 7.99. The van der Waals surface area contributed by atoms with E-state index in [1.165, 1.54) is 11.8 Å². The van der Waals surface area contributed by atoms with Gasteiger partial charge in [0, 0.05) is 17.8 Å². The number of rotatable bonds is 5. The summed E-state index contributed by atoms with van der Waals surface area (Å²) in [5.41, 5.74) is 0.941. The second-order valence-electron chi connectivity index (χ2n) is 5.22. The molecule has 17 heavy (non-hydrogen) atoms. The Morgan fingerprint density at radius 2 is 2.06 bits per heavy atom. The highest BCUT2D eigenvalue weighted by atomic mass is 32.2. The van der Waals surface area contributed by atoms with E-state index in [2.05, 4.69) is 31.1 Å². The molecule has 4 nitrogen and oxygen atoms in total. The van der Waals surface area contributed by atoms with Crippen LogP contribution >= 0.6 is 11.8 Å². The molecule has 0 aromatic carbocycles. The van der Waals surface area contributed by atoms with Gasteiger partial charge in [0.25, 0.3) is 5.22 Å². The van der Waals surface area contributed by atoms with Crippen LogP contribution in [0.2, 0.25) is 0 Å². The zero-order valence-corrected chi connectivity index (χ0v) is 12.0. The number of nitrogens with zero attached hydrogens (tertiary/aromatic N) is 1. The molecule has 0 radical (unpaired) electrons. The molecule has 0 amide bonds. The summed E-state index contributed by atoms with van der Waals surface area (Å²) in [6.07, 6.45) is -0.397. The van der Waals surface area contributed by atoms with E-state index in [0.29, 0.717) is 17.5 Å². The molecule has 0 aliphatic rings. The van der Waals surface area contributed by atoms with Gasteiger partial charge >= 0.3 is 0 Å². The summed E-state index contributed by atoms with van der Waals surface area (Å²) in [7, 11) is 0. The first-order valence-corrected chi connectivity index (χ1v) is 6.76. The lowest BCUT2D eigenvalue weighted by atomic mass is 10.1. The quantitative estimate of drug-likeness (QED) is 0.792. The molecule has 0 spiro atoms. The van der Waals surface area contributed by atoms with E-state index >= 15 is 0 Å². The molecule has 0 bridgehead atoms. The third kappa shape index (κ3) is 5.57. The van der Waals surface area contributed by atoms with Crippen molar-refractivity contribution in [3.63, 3.8) is 0 Å². The van der Waals surface area contributed by atoms with Crippen LogP contribution in [0.4, 0.5) is 0 Å². The maximum Gasteiger partial charge on any atom is 0.256 e. The second kappa shape index (κ2) is 5.89. The van der Waals surface area contributed by atoms with Gasteiger partial charge in [0.1, 0.15) is 5.76 Å². The Kier molecular flexibility index (Phi) is 5.04. The summed E-state index contributed by atoms with van der Waals surface area (Å²) in [5, 5.41) is 13.7. The minimum atomic E-state index is -0.397. The number of aryl methyl sites for hydroxylation is 2. The number of aliphatic hydroxyl groups excluding tert-OH is 1. The molecule has 1 aromatic rings. The number of nitrogens with one attached hydrogen (secondary N) is 1. The van der Waals surface area contributed by atoms with Crippen molar-refractivity contribution in [1.82, 2.24) is 10.3 Å². The second-order valence-corrected chi connectivity index (χ2v) is 6.19. The number of oxazole rings is 1. The van der Waals surface area contributed by atoms with Crippen molar-refractivity contribution in [1.29, 1.82) is 0 Å². The van der Waals surface area contributed by atoms with Gasteiger partial charge in [-0.2, -0.15) is 0 Å². The predicted molar refractivity (Wildman–Crippen MR) is 70.5 cm³/mol. The van der Waals surface area contributed by atoms with Crippen LogP contribution in [0, 0.1) is 13.8 Å². The van der Waals surface area contributed by atoms with Gasteiger partial charge < -0.3 is 14.8 Å². The maximum absolute atomic E-state index is 9.80. The Balaban J connectivity index is 2.31. The van der Waals surface area contributed by atoms with Crippen molar-refractivity contribution < 1.29 is 9.52 Å². The van der Waals surface area contributed by atoms with Crippen LogP contribution in [-0.2, 0) is 0 Å². The fraction of sp³-hybridized carbons (Fsp3) is 0.750. The molecule has 0 saturated heterocycles. The molecule has 0 aliphatic carbocycles. The van der Waals surface area contributed by atoms with Crippen LogP contribution in [0.3, 0.4) is 0 Å². The Hall–Kier alpha value is -0.520. The Morgan fingerprint density at radius 3 is 2.53 bits per heavy atom. The third-order valence-corrected chi connectivity index (χ3v) is 3.25. The Bertz CT molecular complexity index is 338. The number of aromatic nitrogens is 1. The van der Waals surface area contributed by atoms with E-state index in [1.54, 1.807) is 0 Å². The van der Waals surface area contributed by atoms with Gasteiger partial charge in [-0.25, -0.2) is 4.98 Å². The van der Waals surface area contributed by atoms with Gasteiger partial charge in [0.05, 0.1) is 11.8 Å². The van der Waals surface area contributed by atoms with Crippen molar-refractivity contribution in [2.45, 2.75) is 51.5 Å². The number of aliphatic hydroxyl groups is 1. The average molecular weight is 258 g/mol. The van der Waals surface area contributed by atoms with Gasteiger partial charge in [0.2, 0.25) is 0 Å². The zero-order valence-electron chi connectivity index (χ0n) is 11.2. The van der Waals surface area contributed by atoms with E-state index in [4.69, 9.17) is 4.42 Å². The van der Waals surface area contributed by atoms with Gasteiger partial charge in [0.15, 0.2) is 0 Å².